The average Bonchev–Trinajstić information content (AvgIpc) is 2.57. The molecule has 0 aliphatic carbocycles. The van der Waals surface area contributed by atoms with E-state index in [0.29, 0.717) is 17.9 Å². The lowest BCUT2D eigenvalue weighted by Crippen LogP contribution is -2.24. The highest BCUT2D eigenvalue weighted by molar-refractivity contribution is 9.10. The standard InChI is InChI=1S/C19H20BrNO3/c1-10-5-6-12-13(8-18(22)21-19(12)11(10)2)14-7-16(23-3)17(24-4)9-15(14)20/h5-7,9,13H,8H2,1-4H3,(H,21,22)/t13-/m0/s1. The van der Waals surface area contributed by atoms with Gasteiger partial charge in [0, 0.05) is 22.5 Å². The lowest BCUT2D eigenvalue weighted by atomic mass is 9.82. The predicted octanol–water partition coefficient (Wildman–Crippen LogP) is 4.56. The molecule has 1 aliphatic rings. The zero-order valence-electron chi connectivity index (χ0n) is 14.2. The fraction of sp³-hybridized carbons (Fsp3) is 0.316. The molecule has 2 aromatic carbocycles. The molecule has 1 amide bonds. The summed E-state index contributed by atoms with van der Waals surface area (Å²) in [7, 11) is 3.23. The minimum atomic E-state index is -0.0257. The molecule has 0 saturated carbocycles. The van der Waals surface area contributed by atoms with E-state index in [-0.39, 0.29) is 11.8 Å². The van der Waals surface area contributed by atoms with Crippen LogP contribution in [0.4, 0.5) is 5.69 Å². The molecule has 1 N–H and O–H groups in total. The first-order valence-corrected chi connectivity index (χ1v) is 8.57. The van der Waals surface area contributed by atoms with Crippen LogP contribution in [0.1, 0.15) is 34.6 Å². The molecule has 0 aromatic heterocycles. The molecule has 0 saturated heterocycles. The Bertz CT molecular complexity index is 817. The van der Waals surface area contributed by atoms with Crippen LogP contribution in [0.2, 0.25) is 0 Å². The van der Waals surface area contributed by atoms with E-state index in [1.807, 2.05) is 19.1 Å². The first kappa shape index (κ1) is 16.8. The SMILES string of the molecule is COc1cc(Br)c([C@H]2CC(=O)Nc3c2ccc(C)c3C)cc1OC. The number of methoxy groups -OCH3 is 2. The third-order valence-corrected chi connectivity index (χ3v) is 5.36. The van der Waals surface area contributed by atoms with E-state index in [9.17, 15) is 4.79 Å². The summed E-state index contributed by atoms with van der Waals surface area (Å²) in [5.74, 6) is 1.32. The van der Waals surface area contributed by atoms with Crippen molar-refractivity contribution in [1.29, 1.82) is 0 Å². The molecule has 24 heavy (non-hydrogen) atoms. The number of anilines is 1. The molecule has 5 heteroatoms. The summed E-state index contributed by atoms with van der Waals surface area (Å²) in [4.78, 5) is 12.3. The van der Waals surface area contributed by atoms with E-state index in [1.165, 1.54) is 5.56 Å². The number of rotatable bonds is 3. The molecule has 2 aromatic rings. The molecule has 1 heterocycles. The monoisotopic (exact) mass is 389 g/mol. The molecular formula is C19H20BrNO3. The minimum Gasteiger partial charge on any atom is -0.493 e. The molecular weight excluding hydrogens is 370 g/mol. The van der Waals surface area contributed by atoms with Gasteiger partial charge in [0.15, 0.2) is 11.5 Å². The van der Waals surface area contributed by atoms with Gasteiger partial charge in [-0.3, -0.25) is 4.79 Å². The number of hydrogen-bond donors (Lipinski definition) is 1. The Morgan fingerprint density at radius 3 is 2.42 bits per heavy atom. The van der Waals surface area contributed by atoms with Crippen LogP contribution in [0, 0.1) is 13.8 Å². The summed E-state index contributed by atoms with van der Waals surface area (Å²) in [6, 6.07) is 8.05. The van der Waals surface area contributed by atoms with E-state index in [2.05, 4.69) is 40.3 Å². The Kier molecular flexibility index (Phi) is 4.54. The highest BCUT2D eigenvalue weighted by atomic mass is 79.9. The Morgan fingerprint density at radius 2 is 1.75 bits per heavy atom. The molecule has 0 fully saturated rings. The first-order chi connectivity index (χ1) is 11.5. The highest BCUT2D eigenvalue weighted by Crippen LogP contribution is 2.44. The summed E-state index contributed by atoms with van der Waals surface area (Å²) < 4.78 is 11.7. The molecule has 1 atom stereocenters. The molecule has 1 aliphatic heterocycles. The van der Waals surface area contributed by atoms with Crippen LogP contribution in [-0.2, 0) is 4.79 Å². The lowest BCUT2D eigenvalue weighted by Gasteiger charge is -2.29. The van der Waals surface area contributed by atoms with E-state index < -0.39 is 0 Å². The molecule has 4 nitrogen and oxygen atoms in total. The fourth-order valence-corrected chi connectivity index (χ4v) is 3.79. The quantitative estimate of drug-likeness (QED) is 0.836. The number of benzene rings is 2. The normalized spacial score (nSPS) is 16.4. The highest BCUT2D eigenvalue weighted by Gasteiger charge is 2.30. The van der Waals surface area contributed by atoms with E-state index in [0.717, 1.165) is 26.9 Å². The number of amides is 1. The number of halogens is 1. The number of nitrogens with one attached hydrogen (secondary N) is 1. The van der Waals surface area contributed by atoms with Gasteiger partial charge in [-0.15, -0.1) is 0 Å². The fourth-order valence-electron chi connectivity index (χ4n) is 3.19. The van der Waals surface area contributed by atoms with Crippen molar-refractivity contribution in [3.8, 4) is 11.5 Å². The summed E-state index contributed by atoms with van der Waals surface area (Å²) in [6.45, 7) is 4.10. The Labute approximate surface area is 150 Å². The van der Waals surface area contributed by atoms with Crippen LogP contribution in [0.15, 0.2) is 28.7 Å². The van der Waals surface area contributed by atoms with Gasteiger partial charge in [-0.1, -0.05) is 28.1 Å². The van der Waals surface area contributed by atoms with Gasteiger partial charge >= 0.3 is 0 Å². The summed E-state index contributed by atoms with van der Waals surface area (Å²) >= 11 is 3.62. The number of ether oxygens (including phenoxy) is 2. The Morgan fingerprint density at radius 1 is 1.08 bits per heavy atom. The molecule has 3 rings (SSSR count). The van der Waals surface area contributed by atoms with Gasteiger partial charge < -0.3 is 14.8 Å². The van der Waals surface area contributed by atoms with Gasteiger partial charge in [0.2, 0.25) is 5.91 Å². The zero-order chi connectivity index (χ0) is 17.4. The summed E-state index contributed by atoms with van der Waals surface area (Å²) in [5.41, 5.74) is 5.36. The zero-order valence-corrected chi connectivity index (χ0v) is 15.8. The molecule has 0 unspecified atom stereocenters. The van der Waals surface area contributed by atoms with Crippen molar-refractivity contribution in [3.63, 3.8) is 0 Å². The Balaban J connectivity index is 2.18. The second-order valence-corrected chi connectivity index (χ2v) is 6.86. The van der Waals surface area contributed by atoms with Crippen molar-refractivity contribution in [2.24, 2.45) is 0 Å². The largest absolute Gasteiger partial charge is 0.493 e. The third-order valence-electron chi connectivity index (χ3n) is 4.68. The van der Waals surface area contributed by atoms with Gasteiger partial charge in [0.05, 0.1) is 14.2 Å². The van der Waals surface area contributed by atoms with Crippen molar-refractivity contribution >= 4 is 27.5 Å². The summed E-state index contributed by atoms with van der Waals surface area (Å²) in [5, 5.41) is 3.03. The van der Waals surface area contributed by atoms with Crippen molar-refractivity contribution in [2.45, 2.75) is 26.2 Å². The predicted molar refractivity (Wildman–Crippen MR) is 98.3 cm³/mol. The number of hydrogen-bond acceptors (Lipinski definition) is 3. The van der Waals surface area contributed by atoms with Crippen molar-refractivity contribution in [1.82, 2.24) is 0 Å². The minimum absolute atomic E-state index is 0.0257. The van der Waals surface area contributed by atoms with Crippen LogP contribution < -0.4 is 14.8 Å². The van der Waals surface area contributed by atoms with Crippen LogP contribution in [0.25, 0.3) is 0 Å². The molecule has 0 radical (unpaired) electrons. The van der Waals surface area contributed by atoms with Crippen LogP contribution in [-0.4, -0.2) is 20.1 Å². The van der Waals surface area contributed by atoms with Gasteiger partial charge in [0.1, 0.15) is 0 Å². The van der Waals surface area contributed by atoms with Gasteiger partial charge in [-0.05, 0) is 48.2 Å². The van der Waals surface area contributed by atoms with Crippen molar-refractivity contribution in [2.75, 3.05) is 19.5 Å². The van der Waals surface area contributed by atoms with Gasteiger partial charge in [-0.2, -0.15) is 0 Å². The van der Waals surface area contributed by atoms with Crippen molar-refractivity contribution in [3.05, 3.63) is 51.0 Å². The second-order valence-electron chi connectivity index (χ2n) is 6.01. The number of fused-ring (bicyclic) bond motifs is 1. The average molecular weight is 390 g/mol. The number of carbonyl (C=O) groups is 1. The number of aryl methyl sites for hydroxylation is 1. The smallest absolute Gasteiger partial charge is 0.225 e. The van der Waals surface area contributed by atoms with Gasteiger partial charge in [0.25, 0.3) is 0 Å². The van der Waals surface area contributed by atoms with Crippen LogP contribution >= 0.6 is 15.9 Å². The topological polar surface area (TPSA) is 47.6 Å². The van der Waals surface area contributed by atoms with E-state index in [4.69, 9.17) is 9.47 Å². The van der Waals surface area contributed by atoms with E-state index in [1.54, 1.807) is 14.2 Å². The van der Waals surface area contributed by atoms with Gasteiger partial charge in [-0.25, -0.2) is 0 Å². The number of carbonyl (C=O) groups excluding carboxylic acids is 1. The lowest BCUT2D eigenvalue weighted by molar-refractivity contribution is -0.116. The second kappa shape index (κ2) is 6.48. The summed E-state index contributed by atoms with van der Waals surface area (Å²) in [6.07, 6.45) is 0.406. The van der Waals surface area contributed by atoms with Crippen molar-refractivity contribution < 1.29 is 14.3 Å². The third kappa shape index (κ3) is 2.77. The molecule has 0 bridgehead atoms. The van der Waals surface area contributed by atoms with E-state index >= 15 is 0 Å². The Hall–Kier alpha value is -2.01. The van der Waals surface area contributed by atoms with Crippen LogP contribution in [0.3, 0.4) is 0 Å². The molecule has 0 spiro atoms. The first-order valence-electron chi connectivity index (χ1n) is 7.77. The molecule has 126 valence electrons. The maximum Gasteiger partial charge on any atom is 0.225 e. The maximum absolute atomic E-state index is 12.3. The maximum atomic E-state index is 12.3. The van der Waals surface area contributed by atoms with Crippen LogP contribution in [0.5, 0.6) is 11.5 Å².